The summed E-state index contributed by atoms with van der Waals surface area (Å²) in [4.78, 5) is 0. The van der Waals surface area contributed by atoms with Gasteiger partial charge in [0.2, 0.25) is 11.4 Å². The van der Waals surface area contributed by atoms with Gasteiger partial charge in [-0.2, -0.15) is 5.26 Å². The first kappa shape index (κ1) is 4.94. The Balaban J connectivity index is 2.75. The van der Waals surface area contributed by atoms with E-state index < -0.39 is 7.66 Å². The van der Waals surface area contributed by atoms with E-state index in [0.717, 1.165) is 11.4 Å². The van der Waals surface area contributed by atoms with Crippen LogP contribution < -0.4 is 0 Å². The van der Waals surface area contributed by atoms with Crippen LogP contribution in [0.2, 0.25) is 0 Å². The van der Waals surface area contributed by atoms with Crippen LogP contribution in [0.4, 0.5) is 0 Å². The molecule has 0 aromatic carbocycles. The summed E-state index contributed by atoms with van der Waals surface area (Å²) in [6.07, 6.45) is 0. The van der Waals surface area contributed by atoms with Crippen molar-refractivity contribution in [2.24, 2.45) is 0 Å². The van der Waals surface area contributed by atoms with Gasteiger partial charge in [-0.15, -0.1) is 0 Å². The summed E-state index contributed by atoms with van der Waals surface area (Å²) >= 11 is 0.741. The molecule has 0 heterocycles. The Kier molecular flexibility index (Phi) is 3.89. The number of thiocyanates is 1. The Morgan fingerprint density at radius 1 is 2.00 bits per heavy atom. The van der Waals surface area contributed by atoms with E-state index in [1.165, 1.54) is 0 Å². The molecule has 0 N–H and O–H groups in total. The van der Waals surface area contributed by atoms with Gasteiger partial charge >= 0.3 is 7.66 Å². The molecule has 0 fully saturated rings. The highest BCUT2D eigenvalue weighted by Gasteiger charge is 1.81. The molecule has 0 aliphatic heterocycles. The highest BCUT2D eigenvalue weighted by atomic mass is 32.7. The van der Waals surface area contributed by atoms with Crippen molar-refractivity contribution in [1.29, 1.82) is 5.26 Å². The number of hydrogen-bond acceptors (Lipinski definition) is 3. The van der Waals surface area contributed by atoms with Crippen molar-refractivity contribution in [2.75, 3.05) is 0 Å². The number of nitriles is 1. The standard InChI is InChI=1S/CNOPS/c2-1-5-4-3/p+1. The summed E-state index contributed by atoms with van der Waals surface area (Å²) in [5.41, 5.74) is 0. The molecule has 4 heteroatoms. The van der Waals surface area contributed by atoms with Gasteiger partial charge in [0.25, 0.3) is 0 Å². The Bertz CT molecular complexity index is 66.5. The molecule has 0 aliphatic carbocycles. The average molecular weight is 106 g/mol. The van der Waals surface area contributed by atoms with Crippen LogP contribution in [0.15, 0.2) is 0 Å². The fourth-order valence-corrected chi connectivity index (χ4v) is 0.168. The Morgan fingerprint density at radius 3 is 2.60 bits per heavy atom. The zero-order chi connectivity index (χ0) is 4.12. The van der Waals surface area contributed by atoms with Crippen molar-refractivity contribution < 1.29 is 4.57 Å². The van der Waals surface area contributed by atoms with Crippen molar-refractivity contribution in [2.45, 2.75) is 0 Å². The molecule has 0 bridgehead atoms. The van der Waals surface area contributed by atoms with E-state index in [9.17, 15) is 4.57 Å². The minimum absolute atomic E-state index is 0.537. The van der Waals surface area contributed by atoms with E-state index in [1.54, 1.807) is 5.40 Å². The normalized spacial score (nSPS) is 7.00. The Hall–Kier alpha value is -0.0600. The monoisotopic (exact) mass is 106 g/mol. The van der Waals surface area contributed by atoms with Gasteiger partial charge in [-0.1, -0.05) is 4.57 Å². The van der Waals surface area contributed by atoms with E-state index >= 15 is 0 Å². The lowest BCUT2D eigenvalue weighted by Crippen LogP contribution is -1.15. The fourth-order valence-electron chi connectivity index (χ4n) is 0.0186. The first-order valence-electron chi connectivity index (χ1n) is 0.836. The maximum Gasteiger partial charge on any atom is 0.412 e. The molecule has 0 spiro atoms. The SMILES string of the molecule is N#CS[PH+]=O. The molecule has 0 aromatic rings. The topological polar surface area (TPSA) is 40.9 Å². The maximum absolute atomic E-state index is 9.30. The van der Waals surface area contributed by atoms with Crippen molar-refractivity contribution in [1.82, 2.24) is 0 Å². The Labute approximate surface area is 35.1 Å². The van der Waals surface area contributed by atoms with Crippen molar-refractivity contribution in [3.05, 3.63) is 0 Å². The van der Waals surface area contributed by atoms with E-state index in [1.807, 2.05) is 0 Å². The lowest BCUT2D eigenvalue weighted by molar-refractivity contribution is 0.605. The molecular formula is CHNOPS+. The second-order valence-electron chi connectivity index (χ2n) is 0.277. The fraction of sp³-hybridized carbons (Fsp3) is 0. The zero-order valence-corrected chi connectivity index (χ0v) is 4.08. The van der Waals surface area contributed by atoms with E-state index in [4.69, 9.17) is 5.26 Å². The summed E-state index contributed by atoms with van der Waals surface area (Å²) < 4.78 is 9.30. The van der Waals surface area contributed by atoms with Crippen LogP contribution in [0.1, 0.15) is 0 Å². The van der Waals surface area contributed by atoms with Crippen LogP contribution in [-0.4, -0.2) is 0 Å². The molecule has 0 saturated heterocycles. The molecule has 2 nitrogen and oxygen atoms in total. The molecular weight excluding hydrogens is 105 g/mol. The van der Waals surface area contributed by atoms with Gasteiger partial charge in [0.1, 0.15) is 0 Å². The second-order valence-corrected chi connectivity index (χ2v) is 1.94. The van der Waals surface area contributed by atoms with Gasteiger partial charge < -0.3 is 0 Å². The largest absolute Gasteiger partial charge is 0.412 e. The highest BCUT2D eigenvalue weighted by molar-refractivity contribution is 8.48. The third-order valence-electron chi connectivity index (χ3n) is 0.0873. The Morgan fingerprint density at radius 2 is 2.60 bits per heavy atom. The molecule has 0 radical (unpaired) electrons. The first-order valence-corrected chi connectivity index (χ1v) is 3.29. The summed E-state index contributed by atoms with van der Waals surface area (Å²) in [6, 6.07) is 0. The molecule has 1 atom stereocenters. The van der Waals surface area contributed by atoms with Gasteiger partial charge in [0.15, 0.2) is 5.40 Å². The van der Waals surface area contributed by atoms with Crippen molar-refractivity contribution >= 4 is 19.0 Å². The van der Waals surface area contributed by atoms with Gasteiger partial charge in [-0.3, -0.25) is 0 Å². The van der Waals surface area contributed by atoms with Gasteiger partial charge in [0.05, 0.1) is 0 Å². The smallest absolute Gasteiger partial charge is 0.181 e. The zero-order valence-electron chi connectivity index (χ0n) is 2.26. The molecule has 0 rings (SSSR count). The van der Waals surface area contributed by atoms with Gasteiger partial charge in [0, 0.05) is 0 Å². The van der Waals surface area contributed by atoms with Crippen LogP contribution in [0.25, 0.3) is 0 Å². The number of nitrogens with zero attached hydrogens (tertiary/aromatic N) is 1. The third kappa shape index (κ3) is 3.94. The van der Waals surface area contributed by atoms with Crippen LogP contribution >= 0.6 is 19.0 Å². The average Bonchev–Trinajstić information content (AvgIpc) is 1.41. The molecule has 1 unspecified atom stereocenters. The minimum atomic E-state index is -0.537. The van der Waals surface area contributed by atoms with Crippen molar-refractivity contribution in [3.8, 4) is 5.40 Å². The van der Waals surface area contributed by atoms with Crippen LogP contribution in [-0.2, 0) is 4.57 Å². The second kappa shape index (κ2) is 3.94. The van der Waals surface area contributed by atoms with Gasteiger partial charge in [-0.05, 0) is 0 Å². The summed E-state index contributed by atoms with van der Waals surface area (Å²) in [5.74, 6) is 0. The third-order valence-corrected chi connectivity index (χ3v) is 0.786. The van der Waals surface area contributed by atoms with E-state index in [0.29, 0.717) is 0 Å². The molecule has 0 aromatic heterocycles. The van der Waals surface area contributed by atoms with Crippen LogP contribution in [0.3, 0.4) is 0 Å². The molecule has 5 heavy (non-hydrogen) atoms. The summed E-state index contributed by atoms with van der Waals surface area (Å²) in [5, 5.41) is 9.22. The van der Waals surface area contributed by atoms with Crippen LogP contribution in [0, 0.1) is 10.7 Å². The van der Waals surface area contributed by atoms with E-state index in [-0.39, 0.29) is 0 Å². The lowest BCUT2D eigenvalue weighted by Gasteiger charge is -1.32. The quantitative estimate of drug-likeness (QED) is 0.371. The van der Waals surface area contributed by atoms with Crippen molar-refractivity contribution in [3.63, 3.8) is 0 Å². The highest BCUT2D eigenvalue weighted by Crippen LogP contribution is 2.12. The van der Waals surface area contributed by atoms with E-state index in [2.05, 4.69) is 0 Å². The summed E-state index contributed by atoms with van der Waals surface area (Å²) in [7, 11) is -0.537. The predicted octanol–water partition coefficient (Wildman–Crippen LogP) is 1.14. The summed E-state index contributed by atoms with van der Waals surface area (Å²) in [6.45, 7) is 0. The lowest BCUT2D eigenvalue weighted by atomic mass is 11.8. The number of hydrogen-bond donors (Lipinski definition) is 0. The molecule has 26 valence electrons. The number of rotatable bonds is 1. The molecule has 0 aliphatic rings. The molecule has 0 saturated carbocycles. The predicted molar refractivity (Wildman–Crippen MR) is 22.2 cm³/mol. The minimum Gasteiger partial charge on any atom is -0.181 e. The molecule has 0 amide bonds. The maximum atomic E-state index is 9.30. The first-order chi connectivity index (χ1) is 2.41. The van der Waals surface area contributed by atoms with Crippen LogP contribution in [0.5, 0.6) is 0 Å². The van der Waals surface area contributed by atoms with Gasteiger partial charge in [-0.25, -0.2) is 0 Å².